The SMILES string of the molecule is COc1cc(NS(C)(=O)=O)c(-c2c(O)ccc3cc(C)ccc23)c(C)c1C.O=C=O. The molecule has 30 heavy (non-hydrogen) atoms. The third-order valence-electron chi connectivity index (χ3n) is 4.77. The molecule has 8 heteroatoms. The molecule has 0 spiro atoms. The Morgan fingerprint density at radius 3 is 2.17 bits per heavy atom. The van der Waals surface area contributed by atoms with E-state index in [1.165, 1.54) is 0 Å². The fraction of sp³-hybridized carbons (Fsp3) is 0.227. The van der Waals surface area contributed by atoms with Crippen LogP contribution in [0.5, 0.6) is 11.5 Å². The van der Waals surface area contributed by atoms with Crippen molar-refractivity contribution in [3.8, 4) is 22.6 Å². The zero-order valence-electron chi connectivity index (χ0n) is 17.4. The Balaban J connectivity index is 0.00000101. The highest BCUT2D eigenvalue weighted by Crippen LogP contribution is 2.45. The molecule has 0 heterocycles. The normalized spacial score (nSPS) is 10.7. The number of aromatic hydroxyl groups is 1. The van der Waals surface area contributed by atoms with Crippen LogP contribution in [0.1, 0.15) is 16.7 Å². The Bertz CT molecular complexity index is 1240. The molecular weight excluding hydrogens is 406 g/mol. The number of nitrogens with one attached hydrogen (secondary N) is 1. The molecule has 3 rings (SSSR count). The van der Waals surface area contributed by atoms with Gasteiger partial charge < -0.3 is 9.84 Å². The number of methoxy groups -OCH3 is 1. The van der Waals surface area contributed by atoms with E-state index in [1.54, 1.807) is 19.2 Å². The fourth-order valence-corrected chi connectivity index (χ4v) is 3.96. The standard InChI is InChI=1S/C21H23NO4S.CO2/c1-12-6-8-16-15(10-12)7-9-18(23)21(16)20-14(3)13(2)19(26-4)11-17(20)22-27(5,24)25;2-1-3/h6-11,22-23H,1-5H3;. The number of aryl methyl sites for hydroxylation is 1. The number of benzene rings is 3. The molecule has 7 nitrogen and oxygen atoms in total. The summed E-state index contributed by atoms with van der Waals surface area (Å²) < 4.78 is 31.9. The largest absolute Gasteiger partial charge is 0.507 e. The maximum atomic E-state index is 12.0. The molecule has 0 atom stereocenters. The monoisotopic (exact) mass is 429 g/mol. The van der Waals surface area contributed by atoms with Crippen molar-refractivity contribution in [3.05, 3.63) is 53.1 Å². The zero-order valence-corrected chi connectivity index (χ0v) is 18.2. The van der Waals surface area contributed by atoms with Gasteiger partial charge in [-0.05, 0) is 48.7 Å². The molecule has 0 fully saturated rings. The van der Waals surface area contributed by atoms with Gasteiger partial charge in [0.1, 0.15) is 11.5 Å². The number of phenols is 1. The van der Waals surface area contributed by atoms with E-state index in [0.29, 0.717) is 22.6 Å². The highest BCUT2D eigenvalue weighted by atomic mass is 32.2. The van der Waals surface area contributed by atoms with E-state index < -0.39 is 10.0 Å². The topological polar surface area (TPSA) is 110 Å². The highest BCUT2D eigenvalue weighted by molar-refractivity contribution is 7.92. The summed E-state index contributed by atoms with van der Waals surface area (Å²) in [6, 6.07) is 11.1. The average molecular weight is 429 g/mol. The van der Waals surface area contributed by atoms with Gasteiger partial charge in [0.15, 0.2) is 0 Å². The van der Waals surface area contributed by atoms with Crippen LogP contribution in [0, 0.1) is 20.8 Å². The van der Waals surface area contributed by atoms with Crippen LogP contribution >= 0.6 is 0 Å². The smallest absolute Gasteiger partial charge is 0.373 e. The first-order chi connectivity index (χ1) is 14.0. The Kier molecular flexibility index (Phi) is 6.87. The van der Waals surface area contributed by atoms with E-state index in [4.69, 9.17) is 14.3 Å². The number of rotatable bonds is 4. The first kappa shape index (κ1) is 22.9. The van der Waals surface area contributed by atoms with Crippen LogP contribution in [0.25, 0.3) is 21.9 Å². The van der Waals surface area contributed by atoms with Gasteiger partial charge in [-0.15, -0.1) is 0 Å². The summed E-state index contributed by atoms with van der Waals surface area (Å²) in [6.45, 7) is 5.81. The molecule has 2 N–H and O–H groups in total. The summed E-state index contributed by atoms with van der Waals surface area (Å²) in [4.78, 5) is 16.2. The molecule has 3 aromatic carbocycles. The molecule has 0 saturated heterocycles. The second-order valence-electron chi connectivity index (χ2n) is 6.89. The van der Waals surface area contributed by atoms with Crippen LogP contribution in [0.4, 0.5) is 5.69 Å². The quantitative estimate of drug-likeness (QED) is 0.650. The van der Waals surface area contributed by atoms with Gasteiger partial charge in [0.05, 0.1) is 19.1 Å². The third kappa shape index (κ3) is 4.79. The maximum Gasteiger partial charge on any atom is 0.373 e. The van der Waals surface area contributed by atoms with Crippen LogP contribution in [-0.4, -0.2) is 33.0 Å². The Hall–Kier alpha value is -3.35. The lowest BCUT2D eigenvalue weighted by Crippen LogP contribution is -2.12. The lowest BCUT2D eigenvalue weighted by atomic mass is 9.90. The highest BCUT2D eigenvalue weighted by Gasteiger charge is 2.21. The summed E-state index contributed by atoms with van der Waals surface area (Å²) >= 11 is 0. The molecule has 0 aliphatic rings. The van der Waals surface area contributed by atoms with Crippen molar-refractivity contribution >= 4 is 32.6 Å². The minimum absolute atomic E-state index is 0.0931. The molecule has 0 aromatic heterocycles. The van der Waals surface area contributed by atoms with E-state index in [-0.39, 0.29) is 11.9 Å². The molecule has 0 saturated carbocycles. The summed E-state index contributed by atoms with van der Waals surface area (Å²) in [6.07, 6.45) is 1.35. The first-order valence-electron chi connectivity index (χ1n) is 8.92. The van der Waals surface area contributed by atoms with Gasteiger partial charge in [0, 0.05) is 17.2 Å². The van der Waals surface area contributed by atoms with Crippen LogP contribution in [0.15, 0.2) is 36.4 Å². The predicted octanol–water partition coefficient (Wildman–Crippen LogP) is 3.93. The minimum atomic E-state index is -3.52. The Morgan fingerprint density at radius 1 is 0.967 bits per heavy atom. The molecule has 0 aliphatic heterocycles. The van der Waals surface area contributed by atoms with Crippen molar-refractivity contribution in [2.45, 2.75) is 20.8 Å². The summed E-state index contributed by atoms with van der Waals surface area (Å²) in [7, 11) is -1.98. The van der Waals surface area contributed by atoms with E-state index >= 15 is 0 Å². The lowest BCUT2D eigenvalue weighted by molar-refractivity contribution is -0.191. The number of sulfonamides is 1. The molecule has 0 bridgehead atoms. The molecule has 158 valence electrons. The Morgan fingerprint density at radius 2 is 1.60 bits per heavy atom. The van der Waals surface area contributed by atoms with Gasteiger partial charge in [0.2, 0.25) is 10.0 Å². The van der Waals surface area contributed by atoms with Gasteiger partial charge in [-0.1, -0.05) is 29.8 Å². The second-order valence-corrected chi connectivity index (χ2v) is 8.64. The predicted molar refractivity (Wildman–Crippen MR) is 115 cm³/mol. The van der Waals surface area contributed by atoms with Crippen molar-refractivity contribution in [1.29, 1.82) is 0 Å². The van der Waals surface area contributed by atoms with Gasteiger partial charge in [0.25, 0.3) is 0 Å². The molecule has 0 unspecified atom stereocenters. The number of anilines is 1. The van der Waals surface area contributed by atoms with Crippen molar-refractivity contribution in [3.63, 3.8) is 0 Å². The first-order valence-corrected chi connectivity index (χ1v) is 10.8. The fourth-order valence-electron chi connectivity index (χ4n) is 3.40. The van der Waals surface area contributed by atoms with Crippen molar-refractivity contribution in [1.82, 2.24) is 0 Å². The average Bonchev–Trinajstić information content (AvgIpc) is 2.65. The minimum Gasteiger partial charge on any atom is -0.507 e. The summed E-state index contributed by atoms with van der Waals surface area (Å²) in [5.74, 6) is 0.675. The third-order valence-corrected chi connectivity index (χ3v) is 5.36. The number of hydrogen-bond acceptors (Lipinski definition) is 6. The molecule has 0 amide bonds. The summed E-state index contributed by atoms with van der Waals surface area (Å²) in [5, 5.41) is 12.5. The molecule has 0 radical (unpaired) electrons. The van der Waals surface area contributed by atoms with Gasteiger partial charge in [-0.25, -0.2) is 8.42 Å². The van der Waals surface area contributed by atoms with E-state index in [0.717, 1.165) is 33.7 Å². The van der Waals surface area contributed by atoms with Gasteiger partial charge >= 0.3 is 6.15 Å². The van der Waals surface area contributed by atoms with Crippen LogP contribution in [-0.2, 0) is 19.6 Å². The maximum absolute atomic E-state index is 12.0. The molecular formula is C22H23NO6S. The summed E-state index contributed by atoms with van der Waals surface area (Å²) in [5.41, 5.74) is 4.45. The number of ether oxygens (including phenoxy) is 1. The van der Waals surface area contributed by atoms with Crippen LogP contribution in [0.2, 0.25) is 0 Å². The number of phenolic OH excluding ortho intramolecular Hbond substituents is 1. The lowest BCUT2D eigenvalue weighted by Gasteiger charge is -2.20. The van der Waals surface area contributed by atoms with Crippen LogP contribution in [0.3, 0.4) is 0 Å². The van der Waals surface area contributed by atoms with Crippen molar-refractivity contribution < 1.29 is 27.9 Å². The van der Waals surface area contributed by atoms with Gasteiger partial charge in [-0.3, -0.25) is 4.72 Å². The zero-order chi connectivity index (χ0) is 22.6. The number of fused-ring (bicyclic) bond motifs is 1. The van der Waals surface area contributed by atoms with Crippen molar-refractivity contribution in [2.75, 3.05) is 18.1 Å². The number of hydrogen-bond donors (Lipinski definition) is 2. The molecule has 3 aromatic rings. The Labute approximate surface area is 175 Å². The van der Waals surface area contributed by atoms with Crippen LogP contribution < -0.4 is 9.46 Å². The molecule has 0 aliphatic carbocycles. The van der Waals surface area contributed by atoms with E-state index in [2.05, 4.69) is 4.72 Å². The second kappa shape index (κ2) is 8.98. The van der Waals surface area contributed by atoms with E-state index in [1.807, 2.05) is 45.0 Å². The van der Waals surface area contributed by atoms with Gasteiger partial charge in [-0.2, -0.15) is 9.59 Å². The van der Waals surface area contributed by atoms with Crippen molar-refractivity contribution in [2.24, 2.45) is 0 Å². The van der Waals surface area contributed by atoms with E-state index in [9.17, 15) is 13.5 Å². The number of carbonyl (C=O) groups excluding carboxylic acids is 2.